The number of aromatic nitrogens is 4. The lowest BCUT2D eigenvalue weighted by atomic mass is 10.1. The van der Waals surface area contributed by atoms with Crippen molar-refractivity contribution in [3.8, 4) is 16.9 Å². The van der Waals surface area contributed by atoms with E-state index in [1.165, 1.54) is 16.9 Å². The van der Waals surface area contributed by atoms with E-state index >= 15 is 0 Å². The summed E-state index contributed by atoms with van der Waals surface area (Å²) in [5.74, 6) is 0.647. The summed E-state index contributed by atoms with van der Waals surface area (Å²) in [5.41, 5.74) is 5.76. The van der Waals surface area contributed by atoms with Gasteiger partial charge in [-0.1, -0.05) is 11.6 Å². The molecular weight excluding hydrogens is 331 g/mol. The van der Waals surface area contributed by atoms with E-state index in [9.17, 15) is 13.2 Å². The van der Waals surface area contributed by atoms with Gasteiger partial charge in [0.1, 0.15) is 5.82 Å². The van der Waals surface area contributed by atoms with Crippen LogP contribution in [0.15, 0.2) is 36.7 Å². The van der Waals surface area contributed by atoms with E-state index in [0.717, 1.165) is 12.1 Å². The van der Waals surface area contributed by atoms with Crippen LogP contribution in [0, 0.1) is 0 Å². The summed E-state index contributed by atoms with van der Waals surface area (Å²) in [5, 5.41) is 8.21. The summed E-state index contributed by atoms with van der Waals surface area (Å²) < 4.78 is 41.7. The molecule has 120 valence electrons. The molecule has 0 fully saturated rings. The molecule has 0 aliphatic heterocycles. The highest BCUT2D eigenvalue weighted by Gasteiger charge is 2.31. The number of halogens is 4. The van der Waals surface area contributed by atoms with Crippen molar-refractivity contribution < 1.29 is 13.2 Å². The molecule has 0 saturated carbocycles. The fourth-order valence-electron chi connectivity index (χ4n) is 2.19. The number of hydrogen-bond donors (Lipinski definition) is 1. The minimum Gasteiger partial charge on any atom is -0.383 e. The van der Waals surface area contributed by atoms with Gasteiger partial charge in [0.05, 0.1) is 11.8 Å². The van der Waals surface area contributed by atoms with E-state index in [4.69, 9.17) is 17.3 Å². The lowest BCUT2D eigenvalue weighted by Crippen LogP contribution is -2.06. The van der Waals surface area contributed by atoms with Gasteiger partial charge < -0.3 is 5.73 Å². The molecule has 0 spiro atoms. The molecule has 5 nitrogen and oxygen atoms in total. The van der Waals surface area contributed by atoms with Gasteiger partial charge in [-0.05, 0) is 23.8 Å². The lowest BCUT2D eigenvalue weighted by Gasteiger charge is -2.10. The summed E-state index contributed by atoms with van der Waals surface area (Å²) in [6, 6.07) is 4.95. The number of aryl methyl sites for hydroxylation is 1. The monoisotopic (exact) mass is 341 g/mol. The Balaban J connectivity index is 2.10. The third-order valence-corrected chi connectivity index (χ3v) is 3.48. The van der Waals surface area contributed by atoms with Gasteiger partial charge in [0.2, 0.25) is 0 Å². The standard InChI is InChI=1S/C14H11ClF3N5/c1-22-3-2-12(21-22)23-13(19)11(7-20-23)8-4-9(14(16,17)18)6-10(15)5-8/h2-7H,19H2,1H3. The molecule has 2 N–H and O–H groups in total. The molecule has 0 bridgehead atoms. The second-order valence-corrected chi connectivity index (χ2v) is 5.37. The molecule has 0 aliphatic rings. The zero-order valence-electron chi connectivity index (χ0n) is 11.8. The van der Waals surface area contributed by atoms with Crippen LogP contribution in [0.25, 0.3) is 16.9 Å². The average Bonchev–Trinajstić information content (AvgIpc) is 3.03. The summed E-state index contributed by atoms with van der Waals surface area (Å²) in [6.45, 7) is 0. The van der Waals surface area contributed by atoms with E-state index < -0.39 is 11.7 Å². The first-order valence-corrected chi connectivity index (χ1v) is 6.85. The van der Waals surface area contributed by atoms with Crippen LogP contribution < -0.4 is 5.73 Å². The number of hydrogen-bond acceptors (Lipinski definition) is 3. The maximum absolute atomic E-state index is 12.9. The normalized spacial score (nSPS) is 11.9. The average molecular weight is 342 g/mol. The lowest BCUT2D eigenvalue weighted by molar-refractivity contribution is -0.137. The molecule has 3 aromatic rings. The maximum atomic E-state index is 12.9. The number of nitrogen functional groups attached to an aromatic ring is 1. The third-order valence-electron chi connectivity index (χ3n) is 3.26. The highest BCUT2D eigenvalue weighted by Crippen LogP contribution is 2.36. The fourth-order valence-corrected chi connectivity index (χ4v) is 2.42. The number of rotatable bonds is 2. The van der Waals surface area contributed by atoms with Crippen LogP contribution in [0.5, 0.6) is 0 Å². The summed E-state index contributed by atoms with van der Waals surface area (Å²) in [4.78, 5) is 0. The Kier molecular flexibility index (Phi) is 3.56. The molecule has 0 saturated heterocycles. The van der Waals surface area contributed by atoms with Gasteiger partial charge in [0.15, 0.2) is 5.82 Å². The van der Waals surface area contributed by atoms with Crippen LogP contribution in [-0.4, -0.2) is 19.6 Å². The van der Waals surface area contributed by atoms with Crippen LogP contribution in [0.3, 0.4) is 0 Å². The van der Waals surface area contributed by atoms with Crippen molar-refractivity contribution in [1.29, 1.82) is 0 Å². The molecule has 0 aliphatic carbocycles. The van der Waals surface area contributed by atoms with E-state index in [-0.39, 0.29) is 16.4 Å². The van der Waals surface area contributed by atoms with Crippen molar-refractivity contribution in [1.82, 2.24) is 19.6 Å². The maximum Gasteiger partial charge on any atom is 0.416 e. The minimum absolute atomic E-state index is 0.0280. The molecule has 0 unspecified atom stereocenters. The zero-order chi connectivity index (χ0) is 16.8. The highest BCUT2D eigenvalue weighted by atomic mass is 35.5. The predicted molar refractivity (Wildman–Crippen MR) is 80.2 cm³/mol. The van der Waals surface area contributed by atoms with Crippen LogP contribution in [-0.2, 0) is 13.2 Å². The molecule has 2 heterocycles. The molecule has 0 atom stereocenters. The Morgan fingerprint density at radius 1 is 1.22 bits per heavy atom. The van der Waals surface area contributed by atoms with Crippen molar-refractivity contribution in [2.45, 2.75) is 6.18 Å². The first-order valence-electron chi connectivity index (χ1n) is 6.47. The Morgan fingerprint density at radius 2 is 1.96 bits per heavy atom. The van der Waals surface area contributed by atoms with Gasteiger partial charge in [0.25, 0.3) is 0 Å². The number of anilines is 1. The quantitative estimate of drug-likeness (QED) is 0.775. The molecule has 3 rings (SSSR count). The topological polar surface area (TPSA) is 61.7 Å². The van der Waals surface area contributed by atoms with Crippen molar-refractivity contribution >= 4 is 17.4 Å². The molecule has 1 aromatic carbocycles. The fraction of sp³-hybridized carbons (Fsp3) is 0.143. The van der Waals surface area contributed by atoms with E-state index in [0.29, 0.717) is 11.4 Å². The molecule has 2 aromatic heterocycles. The summed E-state index contributed by atoms with van der Waals surface area (Å²) in [7, 11) is 1.73. The molecule has 9 heteroatoms. The van der Waals surface area contributed by atoms with Gasteiger partial charge in [-0.15, -0.1) is 0 Å². The van der Waals surface area contributed by atoms with Gasteiger partial charge in [-0.2, -0.15) is 28.1 Å². The van der Waals surface area contributed by atoms with Crippen molar-refractivity contribution in [3.05, 3.63) is 47.2 Å². The Morgan fingerprint density at radius 3 is 2.57 bits per heavy atom. The number of nitrogens with two attached hydrogens (primary N) is 1. The van der Waals surface area contributed by atoms with Crippen LogP contribution in [0.4, 0.5) is 19.0 Å². The van der Waals surface area contributed by atoms with Crippen LogP contribution in [0.2, 0.25) is 5.02 Å². The van der Waals surface area contributed by atoms with Gasteiger partial charge in [-0.25, -0.2) is 0 Å². The Hall–Kier alpha value is -2.48. The Bertz CT molecular complexity index is 866. The number of nitrogens with zero attached hydrogens (tertiary/aromatic N) is 4. The van der Waals surface area contributed by atoms with Crippen molar-refractivity contribution in [2.75, 3.05) is 5.73 Å². The van der Waals surface area contributed by atoms with Crippen LogP contribution in [0.1, 0.15) is 5.56 Å². The number of benzene rings is 1. The second-order valence-electron chi connectivity index (χ2n) is 4.93. The predicted octanol–water partition coefficient (Wildman–Crippen LogP) is 3.53. The molecular formula is C14H11ClF3N5. The van der Waals surface area contributed by atoms with E-state index in [2.05, 4.69) is 10.2 Å². The molecule has 23 heavy (non-hydrogen) atoms. The van der Waals surface area contributed by atoms with Gasteiger partial charge in [0, 0.05) is 29.9 Å². The van der Waals surface area contributed by atoms with E-state index in [1.54, 1.807) is 24.0 Å². The molecule has 0 radical (unpaired) electrons. The second kappa shape index (κ2) is 5.31. The first-order chi connectivity index (χ1) is 10.8. The van der Waals surface area contributed by atoms with E-state index in [1.807, 2.05) is 0 Å². The van der Waals surface area contributed by atoms with Crippen LogP contribution >= 0.6 is 11.6 Å². The summed E-state index contributed by atoms with van der Waals surface area (Å²) in [6.07, 6.45) is -1.40. The largest absolute Gasteiger partial charge is 0.416 e. The number of alkyl halides is 3. The SMILES string of the molecule is Cn1ccc(-n2ncc(-c3cc(Cl)cc(C(F)(F)F)c3)c2N)n1. The Labute approximate surface area is 134 Å². The molecule has 0 amide bonds. The van der Waals surface area contributed by atoms with Crippen molar-refractivity contribution in [3.63, 3.8) is 0 Å². The minimum atomic E-state index is -4.49. The smallest absolute Gasteiger partial charge is 0.383 e. The van der Waals surface area contributed by atoms with Gasteiger partial charge in [-0.3, -0.25) is 4.68 Å². The van der Waals surface area contributed by atoms with Crippen molar-refractivity contribution in [2.24, 2.45) is 7.05 Å². The highest BCUT2D eigenvalue weighted by molar-refractivity contribution is 6.31. The zero-order valence-corrected chi connectivity index (χ0v) is 12.6. The van der Waals surface area contributed by atoms with Gasteiger partial charge >= 0.3 is 6.18 Å². The third kappa shape index (κ3) is 2.89. The summed E-state index contributed by atoms with van der Waals surface area (Å²) >= 11 is 5.80. The first kappa shape index (κ1) is 15.4.